The highest BCUT2D eigenvalue weighted by Gasteiger charge is 2.21. The molecule has 3 amide bonds. The van der Waals surface area contributed by atoms with E-state index in [0.717, 1.165) is 12.0 Å². The molecular weight excluding hydrogens is 382 g/mol. The van der Waals surface area contributed by atoms with E-state index in [1.165, 1.54) is 6.92 Å². The number of hydrogen-bond donors (Lipinski definition) is 3. The van der Waals surface area contributed by atoms with Gasteiger partial charge in [0.05, 0.1) is 0 Å². The van der Waals surface area contributed by atoms with Crippen LogP contribution in [0.3, 0.4) is 0 Å². The standard InChI is InChI=1S/C23H29N3O4/c1-5-15(3)19-9-7-8-10-21(19)30-20(6-2)23(29)26-25-22(28)17-11-13-18(14-12-17)24-16(4)27/h7-15,20H,5-6H2,1-4H3,(H,24,27)(H,25,28)(H,26,29). The Bertz CT molecular complexity index is 880. The minimum atomic E-state index is -0.738. The van der Waals surface area contributed by atoms with Gasteiger partial charge < -0.3 is 10.1 Å². The maximum Gasteiger partial charge on any atom is 0.279 e. The summed E-state index contributed by atoms with van der Waals surface area (Å²) < 4.78 is 5.97. The van der Waals surface area contributed by atoms with Crippen molar-refractivity contribution in [3.05, 3.63) is 59.7 Å². The zero-order valence-corrected chi connectivity index (χ0v) is 17.8. The summed E-state index contributed by atoms with van der Waals surface area (Å²) in [6, 6.07) is 14.0. The molecule has 30 heavy (non-hydrogen) atoms. The Morgan fingerprint density at radius 1 is 0.933 bits per heavy atom. The summed E-state index contributed by atoms with van der Waals surface area (Å²) in [6.45, 7) is 7.46. The molecule has 2 unspecified atom stereocenters. The predicted molar refractivity (Wildman–Crippen MR) is 116 cm³/mol. The van der Waals surface area contributed by atoms with Gasteiger partial charge in [-0.1, -0.05) is 39.0 Å². The quantitative estimate of drug-likeness (QED) is 0.576. The average molecular weight is 412 g/mol. The molecule has 2 rings (SSSR count). The van der Waals surface area contributed by atoms with Crippen molar-refractivity contribution in [2.75, 3.05) is 5.32 Å². The van der Waals surface area contributed by atoms with E-state index < -0.39 is 17.9 Å². The molecule has 0 aliphatic carbocycles. The minimum Gasteiger partial charge on any atom is -0.480 e. The molecule has 7 heteroatoms. The van der Waals surface area contributed by atoms with Crippen LogP contribution in [0.15, 0.2) is 48.5 Å². The molecule has 7 nitrogen and oxygen atoms in total. The Balaban J connectivity index is 1.97. The van der Waals surface area contributed by atoms with Gasteiger partial charge in [0.15, 0.2) is 6.10 Å². The molecular formula is C23H29N3O4. The Morgan fingerprint density at radius 2 is 1.60 bits per heavy atom. The summed E-state index contributed by atoms with van der Waals surface area (Å²) in [5.41, 5.74) is 6.81. The number of hydrazine groups is 1. The summed E-state index contributed by atoms with van der Waals surface area (Å²) in [5, 5.41) is 2.63. The van der Waals surface area contributed by atoms with Crippen molar-refractivity contribution < 1.29 is 19.1 Å². The smallest absolute Gasteiger partial charge is 0.279 e. The van der Waals surface area contributed by atoms with E-state index in [1.54, 1.807) is 24.3 Å². The molecule has 0 aromatic heterocycles. The van der Waals surface area contributed by atoms with Crippen molar-refractivity contribution in [2.45, 2.75) is 52.6 Å². The van der Waals surface area contributed by atoms with Crippen LogP contribution in [0.4, 0.5) is 5.69 Å². The van der Waals surface area contributed by atoms with Crippen LogP contribution in [0.5, 0.6) is 5.75 Å². The lowest BCUT2D eigenvalue weighted by Gasteiger charge is -2.21. The summed E-state index contributed by atoms with van der Waals surface area (Å²) in [6.07, 6.45) is 0.667. The predicted octanol–water partition coefficient (Wildman–Crippen LogP) is 3.78. The van der Waals surface area contributed by atoms with Gasteiger partial charge in [-0.05, 0) is 54.7 Å². The molecule has 0 heterocycles. The van der Waals surface area contributed by atoms with Gasteiger partial charge in [0.2, 0.25) is 5.91 Å². The van der Waals surface area contributed by atoms with Gasteiger partial charge in [0, 0.05) is 18.2 Å². The van der Waals surface area contributed by atoms with Crippen molar-refractivity contribution >= 4 is 23.4 Å². The number of carbonyl (C=O) groups is 3. The van der Waals surface area contributed by atoms with Crippen molar-refractivity contribution in [2.24, 2.45) is 0 Å². The molecule has 0 spiro atoms. The van der Waals surface area contributed by atoms with E-state index in [2.05, 4.69) is 30.0 Å². The molecule has 0 radical (unpaired) electrons. The van der Waals surface area contributed by atoms with E-state index in [0.29, 0.717) is 29.3 Å². The third-order valence-electron chi connectivity index (χ3n) is 4.76. The van der Waals surface area contributed by atoms with Gasteiger partial charge >= 0.3 is 0 Å². The van der Waals surface area contributed by atoms with Gasteiger partial charge in [-0.25, -0.2) is 0 Å². The third kappa shape index (κ3) is 6.34. The monoisotopic (exact) mass is 411 g/mol. The number of ether oxygens (including phenoxy) is 1. The first-order chi connectivity index (χ1) is 14.3. The highest BCUT2D eigenvalue weighted by Crippen LogP contribution is 2.29. The van der Waals surface area contributed by atoms with Gasteiger partial charge in [-0.15, -0.1) is 0 Å². The molecule has 3 N–H and O–H groups in total. The number of nitrogens with one attached hydrogen (secondary N) is 3. The Hall–Kier alpha value is -3.35. The van der Waals surface area contributed by atoms with Crippen LogP contribution in [0.25, 0.3) is 0 Å². The molecule has 2 atom stereocenters. The van der Waals surface area contributed by atoms with Crippen LogP contribution >= 0.6 is 0 Å². The largest absolute Gasteiger partial charge is 0.480 e. The van der Waals surface area contributed by atoms with Crippen molar-refractivity contribution in [3.8, 4) is 5.75 Å². The van der Waals surface area contributed by atoms with E-state index in [1.807, 2.05) is 31.2 Å². The molecule has 0 aliphatic heterocycles. The summed E-state index contributed by atoms with van der Waals surface area (Å²) >= 11 is 0. The Kier molecular flexibility index (Phi) is 8.41. The fourth-order valence-corrected chi connectivity index (χ4v) is 2.87. The van der Waals surface area contributed by atoms with Crippen LogP contribution in [0.2, 0.25) is 0 Å². The second-order valence-corrected chi connectivity index (χ2v) is 7.06. The van der Waals surface area contributed by atoms with Crippen molar-refractivity contribution in [1.29, 1.82) is 0 Å². The lowest BCUT2D eigenvalue weighted by Crippen LogP contribution is -2.48. The lowest BCUT2D eigenvalue weighted by molar-refractivity contribution is -0.129. The first-order valence-electron chi connectivity index (χ1n) is 10.1. The van der Waals surface area contributed by atoms with Gasteiger partial charge in [-0.2, -0.15) is 0 Å². The zero-order chi connectivity index (χ0) is 22.1. The second-order valence-electron chi connectivity index (χ2n) is 7.06. The van der Waals surface area contributed by atoms with E-state index in [9.17, 15) is 14.4 Å². The molecule has 0 saturated heterocycles. The molecule has 0 saturated carbocycles. The fraction of sp³-hybridized carbons (Fsp3) is 0.348. The van der Waals surface area contributed by atoms with Crippen LogP contribution < -0.4 is 20.9 Å². The van der Waals surface area contributed by atoms with E-state index in [4.69, 9.17) is 4.74 Å². The number of amides is 3. The third-order valence-corrected chi connectivity index (χ3v) is 4.76. The number of para-hydroxylation sites is 1. The van der Waals surface area contributed by atoms with Gasteiger partial charge in [-0.3, -0.25) is 25.2 Å². The number of rotatable bonds is 8. The first kappa shape index (κ1) is 22.9. The van der Waals surface area contributed by atoms with Crippen LogP contribution in [-0.4, -0.2) is 23.8 Å². The molecule has 2 aromatic rings. The van der Waals surface area contributed by atoms with Crippen LogP contribution in [-0.2, 0) is 9.59 Å². The topological polar surface area (TPSA) is 96.5 Å². The molecule has 160 valence electrons. The normalized spacial score (nSPS) is 12.4. The zero-order valence-electron chi connectivity index (χ0n) is 17.8. The fourth-order valence-electron chi connectivity index (χ4n) is 2.87. The Labute approximate surface area is 177 Å². The second kappa shape index (κ2) is 11.0. The summed E-state index contributed by atoms with van der Waals surface area (Å²) in [7, 11) is 0. The van der Waals surface area contributed by atoms with Crippen LogP contribution in [0, 0.1) is 0 Å². The molecule has 0 bridgehead atoms. The Morgan fingerprint density at radius 3 is 2.20 bits per heavy atom. The number of hydrogen-bond acceptors (Lipinski definition) is 4. The highest BCUT2D eigenvalue weighted by atomic mass is 16.5. The molecule has 2 aromatic carbocycles. The van der Waals surface area contributed by atoms with Crippen molar-refractivity contribution in [1.82, 2.24) is 10.9 Å². The van der Waals surface area contributed by atoms with E-state index in [-0.39, 0.29) is 5.91 Å². The number of benzene rings is 2. The summed E-state index contributed by atoms with van der Waals surface area (Å²) in [5.74, 6) is -0.108. The average Bonchev–Trinajstić information content (AvgIpc) is 2.75. The van der Waals surface area contributed by atoms with Crippen molar-refractivity contribution in [3.63, 3.8) is 0 Å². The first-order valence-corrected chi connectivity index (χ1v) is 10.1. The maximum absolute atomic E-state index is 12.5. The highest BCUT2D eigenvalue weighted by molar-refractivity contribution is 5.96. The SMILES string of the molecule is CCC(Oc1ccccc1C(C)CC)C(=O)NNC(=O)c1ccc(NC(C)=O)cc1. The molecule has 0 fully saturated rings. The van der Waals surface area contributed by atoms with Gasteiger partial charge in [0.25, 0.3) is 11.8 Å². The van der Waals surface area contributed by atoms with Gasteiger partial charge in [0.1, 0.15) is 5.75 Å². The number of anilines is 1. The lowest BCUT2D eigenvalue weighted by atomic mass is 9.98. The number of carbonyl (C=O) groups excluding carboxylic acids is 3. The van der Waals surface area contributed by atoms with Crippen LogP contribution in [0.1, 0.15) is 62.4 Å². The maximum atomic E-state index is 12.5. The summed E-state index contributed by atoms with van der Waals surface area (Å²) in [4.78, 5) is 35.9. The minimum absolute atomic E-state index is 0.194. The molecule has 0 aliphatic rings. The van der Waals surface area contributed by atoms with E-state index >= 15 is 0 Å².